The van der Waals surface area contributed by atoms with Gasteiger partial charge in [0.05, 0.1) is 0 Å². The van der Waals surface area contributed by atoms with E-state index in [2.05, 4.69) is 30.9 Å². The Bertz CT molecular complexity index is 813. The van der Waals surface area contributed by atoms with E-state index < -0.39 is 0 Å². The van der Waals surface area contributed by atoms with Crippen LogP contribution in [0.25, 0.3) is 0 Å². The third-order valence-electron chi connectivity index (χ3n) is 6.17. The molecule has 5 heteroatoms. The van der Waals surface area contributed by atoms with Crippen LogP contribution in [0.15, 0.2) is 60.7 Å². The molecule has 2 amide bonds. The van der Waals surface area contributed by atoms with E-state index in [-0.39, 0.29) is 17.9 Å². The van der Waals surface area contributed by atoms with Crippen LogP contribution in [0.1, 0.15) is 43.9 Å². The van der Waals surface area contributed by atoms with Crippen molar-refractivity contribution in [1.82, 2.24) is 14.7 Å². The van der Waals surface area contributed by atoms with Crippen molar-refractivity contribution >= 4 is 11.8 Å². The molecule has 5 nitrogen and oxygen atoms in total. The SMILES string of the molecule is CCN(CC)C(C(=O)N1CCN(C(=O)CCCc2ccccc2)CC1)c1ccccc1. The maximum atomic E-state index is 13.4. The number of hydrogen-bond donors (Lipinski definition) is 0. The van der Waals surface area contributed by atoms with Crippen LogP contribution in [-0.2, 0) is 16.0 Å². The van der Waals surface area contributed by atoms with Gasteiger partial charge in [0, 0.05) is 32.6 Å². The minimum Gasteiger partial charge on any atom is -0.339 e. The molecule has 1 fully saturated rings. The van der Waals surface area contributed by atoms with Crippen molar-refractivity contribution in [3.05, 3.63) is 71.8 Å². The number of aryl methyl sites for hydroxylation is 1. The van der Waals surface area contributed by atoms with Gasteiger partial charge in [0.2, 0.25) is 11.8 Å². The summed E-state index contributed by atoms with van der Waals surface area (Å²) in [7, 11) is 0. The number of carbonyl (C=O) groups is 2. The summed E-state index contributed by atoms with van der Waals surface area (Å²) in [4.78, 5) is 32.1. The lowest BCUT2D eigenvalue weighted by molar-refractivity contribution is -0.143. The third kappa shape index (κ3) is 6.17. The Labute approximate surface area is 186 Å². The van der Waals surface area contributed by atoms with Crippen LogP contribution in [0.2, 0.25) is 0 Å². The second kappa shape index (κ2) is 11.7. The predicted octanol–water partition coefficient (Wildman–Crippen LogP) is 3.76. The average molecular weight is 422 g/mol. The maximum absolute atomic E-state index is 13.4. The number of amides is 2. The largest absolute Gasteiger partial charge is 0.339 e. The number of piperazine rings is 1. The molecule has 1 saturated heterocycles. The second-order valence-electron chi connectivity index (χ2n) is 8.08. The molecule has 166 valence electrons. The number of benzene rings is 2. The molecule has 0 spiro atoms. The van der Waals surface area contributed by atoms with Crippen molar-refractivity contribution in [2.45, 2.75) is 39.2 Å². The molecule has 1 aliphatic heterocycles. The highest BCUT2D eigenvalue weighted by Crippen LogP contribution is 2.24. The molecule has 1 heterocycles. The Balaban J connectivity index is 1.53. The number of carbonyl (C=O) groups excluding carboxylic acids is 2. The summed E-state index contributed by atoms with van der Waals surface area (Å²) in [6.45, 7) is 8.29. The zero-order chi connectivity index (χ0) is 22.1. The molecule has 0 aromatic heterocycles. The van der Waals surface area contributed by atoms with Gasteiger partial charge in [-0.15, -0.1) is 0 Å². The Morgan fingerprint density at radius 1 is 0.839 bits per heavy atom. The molecule has 2 aromatic rings. The molecule has 0 aliphatic carbocycles. The summed E-state index contributed by atoms with van der Waals surface area (Å²) < 4.78 is 0. The van der Waals surface area contributed by atoms with Crippen LogP contribution in [-0.4, -0.2) is 65.8 Å². The summed E-state index contributed by atoms with van der Waals surface area (Å²) in [6.07, 6.45) is 2.35. The number of nitrogens with zero attached hydrogens (tertiary/aromatic N) is 3. The van der Waals surface area contributed by atoms with Gasteiger partial charge in [0.25, 0.3) is 0 Å². The van der Waals surface area contributed by atoms with Crippen molar-refractivity contribution in [2.24, 2.45) is 0 Å². The lowest BCUT2D eigenvalue weighted by Crippen LogP contribution is -2.53. The normalized spacial score (nSPS) is 15.2. The number of hydrogen-bond acceptors (Lipinski definition) is 3. The second-order valence-corrected chi connectivity index (χ2v) is 8.08. The van der Waals surface area contributed by atoms with E-state index >= 15 is 0 Å². The summed E-state index contributed by atoms with van der Waals surface area (Å²) >= 11 is 0. The van der Waals surface area contributed by atoms with Crippen molar-refractivity contribution in [2.75, 3.05) is 39.3 Å². The van der Waals surface area contributed by atoms with Gasteiger partial charge >= 0.3 is 0 Å². The number of likely N-dealkylation sites (N-methyl/N-ethyl adjacent to an activating group) is 1. The monoisotopic (exact) mass is 421 g/mol. The van der Waals surface area contributed by atoms with Gasteiger partial charge in [-0.1, -0.05) is 74.5 Å². The van der Waals surface area contributed by atoms with Crippen LogP contribution >= 0.6 is 0 Å². The quantitative estimate of drug-likeness (QED) is 0.619. The smallest absolute Gasteiger partial charge is 0.244 e. The zero-order valence-electron chi connectivity index (χ0n) is 18.9. The molecule has 1 atom stereocenters. The molecule has 0 radical (unpaired) electrons. The lowest BCUT2D eigenvalue weighted by atomic mass is 10.0. The van der Waals surface area contributed by atoms with E-state index in [4.69, 9.17) is 0 Å². The first-order valence-electron chi connectivity index (χ1n) is 11.5. The van der Waals surface area contributed by atoms with Crippen LogP contribution < -0.4 is 0 Å². The highest BCUT2D eigenvalue weighted by atomic mass is 16.2. The van der Waals surface area contributed by atoms with Gasteiger partial charge in [-0.25, -0.2) is 0 Å². The minimum atomic E-state index is -0.260. The molecular formula is C26H35N3O2. The zero-order valence-corrected chi connectivity index (χ0v) is 18.9. The van der Waals surface area contributed by atoms with E-state index in [1.165, 1.54) is 5.56 Å². The molecule has 0 bridgehead atoms. The minimum absolute atomic E-state index is 0.145. The summed E-state index contributed by atoms with van der Waals surface area (Å²) in [5.74, 6) is 0.345. The standard InChI is InChI=1S/C26H35N3O2/c1-3-27(4-2)25(23-15-9-6-10-16-23)26(31)29-20-18-28(19-21-29)24(30)17-11-14-22-12-7-5-8-13-22/h5-10,12-13,15-16,25H,3-4,11,14,17-21H2,1-2H3. The van der Waals surface area contributed by atoms with E-state index in [0.29, 0.717) is 32.6 Å². The van der Waals surface area contributed by atoms with E-state index in [1.807, 2.05) is 58.3 Å². The molecule has 1 unspecified atom stereocenters. The molecular weight excluding hydrogens is 386 g/mol. The van der Waals surface area contributed by atoms with Crippen molar-refractivity contribution < 1.29 is 9.59 Å². The molecule has 0 saturated carbocycles. The third-order valence-corrected chi connectivity index (χ3v) is 6.17. The Kier molecular flexibility index (Phi) is 8.65. The van der Waals surface area contributed by atoms with Gasteiger partial charge in [0.1, 0.15) is 6.04 Å². The van der Waals surface area contributed by atoms with Crippen LogP contribution in [0.5, 0.6) is 0 Å². The molecule has 31 heavy (non-hydrogen) atoms. The summed E-state index contributed by atoms with van der Waals surface area (Å²) in [5.41, 5.74) is 2.31. The Morgan fingerprint density at radius 2 is 1.39 bits per heavy atom. The fraction of sp³-hybridized carbons (Fsp3) is 0.462. The first kappa shape index (κ1) is 23.0. The molecule has 2 aromatic carbocycles. The Morgan fingerprint density at radius 3 is 1.97 bits per heavy atom. The van der Waals surface area contributed by atoms with Gasteiger partial charge in [-0.05, 0) is 37.1 Å². The Hall–Kier alpha value is -2.66. The van der Waals surface area contributed by atoms with Crippen LogP contribution in [0.4, 0.5) is 0 Å². The van der Waals surface area contributed by atoms with Crippen LogP contribution in [0.3, 0.4) is 0 Å². The van der Waals surface area contributed by atoms with Gasteiger partial charge in [-0.2, -0.15) is 0 Å². The first-order chi connectivity index (χ1) is 15.1. The average Bonchev–Trinajstić information content (AvgIpc) is 2.83. The van der Waals surface area contributed by atoms with E-state index in [0.717, 1.165) is 31.5 Å². The summed E-state index contributed by atoms with van der Waals surface area (Å²) in [5, 5.41) is 0. The number of rotatable bonds is 9. The highest BCUT2D eigenvalue weighted by molar-refractivity contribution is 5.84. The van der Waals surface area contributed by atoms with Crippen molar-refractivity contribution in [3.8, 4) is 0 Å². The van der Waals surface area contributed by atoms with E-state index in [1.54, 1.807) is 0 Å². The molecule has 3 rings (SSSR count). The van der Waals surface area contributed by atoms with E-state index in [9.17, 15) is 9.59 Å². The van der Waals surface area contributed by atoms with Crippen LogP contribution in [0, 0.1) is 0 Å². The fourth-order valence-electron chi connectivity index (χ4n) is 4.33. The van der Waals surface area contributed by atoms with Gasteiger partial charge < -0.3 is 9.80 Å². The highest BCUT2D eigenvalue weighted by Gasteiger charge is 2.32. The maximum Gasteiger partial charge on any atom is 0.244 e. The topological polar surface area (TPSA) is 43.9 Å². The fourth-order valence-corrected chi connectivity index (χ4v) is 4.33. The first-order valence-corrected chi connectivity index (χ1v) is 11.5. The van der Waals surface area contributed by atoms with Gasteiger partial charge in [-0.3, -0.25) is 14.5 Å². The summed E-state index contributed by atoms with van der Waals surface area (Å²) in [6, 6.07) is 20.1. The predicted molar refractivity (Wildman–Crippen MR) is 125 cm³/mol. The molecule has 0 N–H and O–H groups in total. The van der Waals surface area contributed by atoms with Gasteiger partial charge in [0.15, 0.2) is 0 Å². The van der Waals surface area contributed by atoms with Crippen molar-refractivity contribution in [3.63, 3.8) is 0 Å². The lowest BCUT2D eigenvalue weighted by Gasteiger charge is -2.39. The molecule has 1 aliphatic rings. The van der Waals surface area contributed by atoms with Crippen molar-refractivity contribution in [1.29, 1.82) is 0 Å².